The predicted octanol–water partition coefficient (Wildman–Crippen LogP) is 1.09. The molecule has 0 amide bonds. The smallest absolute Gasteiger partial charge is 0.204 e. The molecule has 0 unspecified atom stereocenters. The minimum atomic E-state index is 0.514. The second-order valence-electron chi connectivity index (χ2n) is 2.38. The van der Waals surface area contributed by atoms with Crippen molar-refractivity contribution in [2.45, 2.75) is 6.42 Å². The van der Waals surface area contributed by atoms with E-state index in [0.717, 1.165) is 13.0 Å². The lowest BCUT2D eigenvalue weighted by molar-refractivity contribution is 0.818. The maximum absolute atomic E-state index is 5.61. The van der Waals surface area contributed by atoms with Crippen molar-refractivity contribution in [2.24, 2.45) is 0 Å². The topological polar surface area (TPSA) is 37.8 Å². The molecule has 0 radical (unpaired) electrons. The normalized spacial score (nSPS) is 9.08. The van der Waals surface area contributed by atoms with Crippen LogP contribution in [0.15, 0.2) is 12.4 Å². The van der Waals surface area contributed by atoms with E-state index < -0.39 is 0 Å². The third kappa shape index (κ3) is 3.88. The van der Waals surface area contributed by atoms with Gasteiger partial charge in [-0.05, 0) is 13.0 Å². The van der Waals surface area contributed by atoms with E-state index in [1.807, 2.05) is 7.05 Å². The summed E-state index contributed by atoms with van der Waals surface area (Å²) in [6, 6.07) is 0. The first-order valence-corrected chi connectivity index (χ1v) is 4.32. The summed E-state index contributed by atoms with van der Waals surface area (Å²) in [5, 5.41) is 3.53. The average molecular weight is 196 g/mol. The van der Waals surface area contributed by atoms with E-state index in [2.05, 4.69) is 27.1 Å². The van der Waals surface area contributed by atoms with Crippen LogP contribution in [0, 0.1) is 11.8 Å². The van der Waals surface area contributed by atoms with Gasteiger partial charge in [-0.15, -0.1) is 0 Å². The molecular weight excluding hydrogens is 186 g/mol. The Bertz CT molecular complexity index is 310. The summed E-state index contributed by atoms with van der Waals surface area (Å²) in [5.74, 6) is 6.29. The van der Waals surface area contributed by atoms with Gasteiger partial charge in [0.15, 0.2) is 0 Å². The van der Waals surface area contributed by atoms with Gasteiger partial charge in [0.1, 0.15) is 0 Å². The van der Waals surface area contributed by atoms with Crippen molar-refractivity contribution in [3.63, 3.8) is 0 Å². The summed E-state index contributed by atoms with van der Waals surface area (Å²) < 4.78 is 0. The van der Waals surface area contributed by atoms with Gasteiger partial charge in [-0.2, -0.15) is 0 Å². The molecule has 1 N–H and O–H groups in total. The summed E-state index contributed by atoms with van der Waals surface area (Å²) >= 11 is 5.61. The van der Waals surface area contributed by atoms with E-state index in [9.17, 15) is 0 Å². The number of hydrogen-bond acceptors (Lipinski definition) is 3. The molecule has 0 saturated heterocycles. The van der Waals surface area contributed by atoms with E-state index in [1.165, 1.54) is 12.4 Å². The highest BCUT2D eigenvalue weighted by atomic mass is 35.5. The zero-order valence-corrected chi connectivity index (χ0v) is 8.10. The van der Waals surface area contributed by atoms with Crippen molar-refractivity contribution >= 4 is 11.6 Å². The molecule has 0 aromatic carbocycles. The van der Waals surface area contributed by atoms with E-state index in [-0.39, 0.29) is 0 Å². The van der Waals surface area contributed by atoms with E-state index >= 15 is 0 Å². The molecule has 0 bridgehead atoms. The van der Waals surface area contributed by atoms with Gasteiger partial charge in [0, 0.05) is 13.0 Å². The highest BCUT2D eigenvalue weighted by molar-refractivity contribution is 6.30. The molecule has 0 aliphatic carbocycles. The Balaban J connectivity index is 2.52. The van der Waals surface area contributed by atoms with Crippen LogP contribution < -0.4 is 5.32 Å². The zero-order chi connectivity index (χ0) is 9.52. The molecule has 3 nitrogen and oxygen atoms in total. The molecule has 1 rings (SSSR count). The minimum absolute atomic E-state index is 0.514. The lowest BCUT2D eigenvalue weighted by atomic mass is 10.4. The quantitative estimate of drug-likeness (QED) is 0.567. The van der Waals surface area contributed by atoms with E-state index in [4.69, 9.17) is 11.6 Å². The SMILES string of the molecule is CNCCC#Cc1ncc(Cl)cn1. The van der Waals surface area contributed by atoms with Crippen molar-refractivity contribution in [3.8, 4) is 11.8 Å². The van der Waals surface area contributed by atoms with Crippen LogP contribution >= 0.6 is 11.6 Å². The van der Waals surface area contributed by atoms with Crippen molar-refractivity contribution in [1.82, 2.24) is 15.3 Å². The van der Waals surface area contributed by atoms with E-state index in [1.54, 1.807) is 0 Å². The molecule has 0 saturated carbocycles. The van der Waals surface area contributed by atoms with Crippen molar-refractivity contribution < 1.29 is 0 Å². The summed E-state index contributed by atoms with van der Waals surface area (Å²) in [4.78, 5) is 7.88. The fraction of sp³-hybridized carbons (Fsp3) is 0.333. The summed E-state index contributed by atoms with van der Waals surface area (Å²) in [6.07, 6.45) is 3.87. The molecule has 0 spiro atoms. The molecular formula is C9H10ClN3. The van der Waals surface area contributed by atoms with Crippen molar-refractivity contribution in [3.05, 3.63) is 23.2 Å². The number of rotatable bonds is 2. The fourth-order valence-corrected chi connectivity index (χ4v) is 0.803. The van der Waals surface area contributed by atoms with E-state index in [0.29, 0.717) is 10.8 Å². The highest BCUT2D eigenvalue weighted by Gasteiger charge is 1.89. The van der Waals surface area contributed by atoms with Crippen molar-refractivity contribution in [1.29, 1.82) is 0 Å². The maximum atomic E-state index is 5.61. The second-order valence-corrected chi connectivity index (χ2v) is 2.82. The first-order chi connectivity index (χ1) is 6.33. The molecule has 1 aromatic rings. The third-order valence-electron chi connectivity index (χ3n) is 1.32. The minimum Gasteiger partial charge on any atom is -0.319 e. The number of halogens is 1. The number of nitrogens with zero attached hydrogens (tertiary/aromatic N) is 2. The number of nitrogens with one attached hydrogen (secondary N) is 1. The Labute approximate surface area is 82.5 Å². The predicted molar refractivity (Wildman–Crippen MR) is 52.5 cm³/mol. The fourth-order valence-electron chi connectivity index (χ4n) is 0.706. The number of hydrogen-bond donors (Lipinski definition) is 1. The van der Waals surface area contributed by atoms with Gasteiger partial charge in [0.2, 0.25) is 5.82 Å². The molecule has 1 heterocycles. The molecule has 0 fully saturated rings. The van der Waals surface area contributed by atoms with Crippen LogP contribution in [-0.4, -0.2) is 23.6 Å². The van der Waals surface area contributed by atoms with Crippen LogP contribution in [0.2, 0.25) is 5.02 Å². The highest BCUT2D eigenvalue weighted by Crippen LogP contribution is 2.01. The molecule has 4 heteroatoms. The lowest BCUT2D eigenvalue weighted by Gasteiger charge is -1.89. The Morgan fingerprint density at radius 3 is 2.77 bits per heavy atom. The van der Waals surface area contributed by atoms with Crippen LogP contribution in [-0.2, 0) is 0 Å². The van der Waals surface area contributed by atoms with Gasteiger partial charge >= 0.3 is 0 Å². The maximum Gasteiger partial charge on any atom is 0.204 e. The average Bonchev–Trinajstić information content (AvgIpc) is 2.15. The molecule has 1 aromatic heterocycles. The monoisotopic (exact) mass is 195 g/mol. The van der Waals surface area contributed by atoms with Crippen molar-refractivity contribution in [2.75, 3.05) is 13.6 Å². The van der Waals surface area contributed by atoms with Crippen LogP contribution in [0.5, 0.6) is 0 Å². The van der Waals surface area contributed by atoms with Crippen LogP contribution in [0.25, 0.3) is 0 Å². The summed E-state index contributed by atoms with van der Waals surface area (Å²) in [6.45, 7) is 0.876. The van der Waals surface area contributed by atoms with Gasteiger partial charge in [-0.1, -0.05) is 17.5 Å². The Hall–Kier alpha value is -1.11. The molecule has 68 valence electrons. The van der Waals surface area contributed by atoms with Crippen LogP contribution in [0.4, 0.5) is 0 Å². The molecule has 0 aliphatic rings. The van der Waals surface area contributed by atoms with Gasteiger partial charge in [-0.3, -0.25) is 0 Å². The summed E-state index contributed by atoms with van der Waals surface area (Å²) in [7, 11) is 1.89. The standard InChI is InChI=1S/C9H10ClN3/c1-11-5-3-2-4-9-12-6-8(10)7-13-9/h6-7,11H,3,5H2,1H3. The zero-order valence-electron chi connectivity index (χ0n) is 7.34. The summed E-state index contributed by atoms with van der Waals surface area (Å²) in [5.41, 5.74) is 0. The largest absolute Gasteiger partial charge is 0.319 e. The first kappa shape index (κ1) is 9.97. The van der Waals surface area contributed by atoms with Gasteiger partial charge in [0.25, 0.3) is 0 Å². The molecule has 13 heavy (non-hydrogen) atoms. The van der Waals surface area contributed by atoms with Gasteiger partial charge in [-0.25, -0.2) is 9.97 Å². The Morgan fingerprint density at radius 2 is 2.15 bits per heavy atom. The van der Waals surface area contributed by atoms with Gasteiger partial charge < -0.3 is 5.32 Å². The second kappa shape index (κ2) is 5.52. The van der Waals surface area contributed by atoms with Gasteiger partial charge in [0.05, 0.1) is 17.4 Å². The Kier molecular flexibility index (Phi) is 4.24. The Morgan fingerprint density at radius 1 is 1.46 bits per heavy atom. The molecule has 0 aliphatic heterocycles. The molecule has 0 atom stereocenters. The van der Waals surface area contributed by atoms with Crippen LogP contribution in [0.3, 0.4) is 0 Å². The first-order valence-electron chi connectivity index (χ1n) is 3.94. The number of aromatic nitrogens is 2. The third-order valence-corrected chi connectivity index (χ3v) is 1.52. The lowest BCUT2D eigenvalue weighted by Crippen LogP contribution is -2.05. The van der Waals surface area contributed by atoms with Crippen LogP contribution in [0.1, 0.15) is 12.2 Å².